The van der Waals surface area contributed by atoms with Crippen LogP contribution in [0.3, 0.4) is 0 Å². The topological polar surface area (TPSA) is 8.17 Å². The van der Waals surface area contributed by atoms with Gasteiger partial charge in [-0.05, 0) is 110 Å². The van der Waals surface area contributed by atoms with Gasteiger partial charge in [0.25, 0.3) is 0 Å². The summed E-state index contributed by atoms with van der Waals surface area (Å²) in [7, 11) is 0. The van der Waals surface area contributed by atoms with Gasteiger partial charge in [-0.2, -0.15) is 0 Å². The average Bonchev–Trinajstić information content (AvgIpc) is 3.67. The second-order valence-corrected chi connectivity index (χ2v) is 15.4. The van der Waals surface area contributed by atoms with E-state index >= 15 is 0 Å². The van der Waals surface area contributed by atoms with Gasteiger partial charge >= 0.3 is 0 Å². The van der Waals surface area contributed by atoms with Gasteiger partial charge in [-0.15, -0.1) is 0 Å². The standard InChI is InChI=1S/C58H40N2/c1-3-13-41(14-4-1)43-29-34-50(35-30-43)59(51-36-31-44(32-37-51)42-15-5-2-6-16-42)52-38-33-48-39-47(27-28-49(48)40-52)45-23-25-46(26-24-45)53-17-7-10-20-56(53)60-57-21-11-8-18-54(57)55-19-9-12-22-58(55)60/h1-40H. The lowest BCUT2D eigenvalue weighted by Crippen LogP contribution is -2.09. The number of aromatic nitrogens is 1. The van der Waals surface area contributed by atoms with Crippen molar-refractivity contribution in [3.8, 4) is 50.2 Å². The molecular formula is C58H40N2. The Bertz CT molecular complexity index is 3140. The van der Waals surface area contributed by atoms with E-state index in [-0.39, 0.29) is 0 Å². The molecular weight excluding hydrogens is 725 g/mol. The molecule has 0 unspecified atom stereocenters. The van der Waals surface area contributed by atoms with E-state index in [9.17, 15) is 0 Å². The molecule has 0 radical (unpaired) electrons. The van der Waals surface area contributed by atoms with E-state index in [2.05, 4.69) is 252 Å². The van der Waals surface area contributed by atoms with Crippen LogP contribution in [0.2, 0.25) is 0 Å². The van der Waals surface area contributed by atoms with Crippen LogP contribution in [0, 0.1) is 0 Å². The predicted octanol–water partition coefficient (Wildman–Crippen LogP) is 16.1. The quantitative estimate of drug-likeness (QED) is 0.150. The molecule has 0 N–H and O–H groups in total. The summed E-state index contributed by atoms with van der Waals surface area (Å²) in [5, 5.41) is 4.93. The third-order valence-electron chi connectivity index (χ3n) is 11.8. The number of fused-ring (bicyclic) bond motifs is 4. The normalized spacial score (nSPS) is 11.3. The Kier molecular flexibility index (Phi) is 8.87. The fourth-order valence-corrected chi connectivity index (χ4v) is 8.80. The third kappa shape index (κ3) is 6.41. The molecule has 0 aliphatic rings. The van der Waals surface area contributed by atoms with E-state index in [1.54, 1.807) is 0 Å². The minimum absolute atomic E-state index is 1.11. The molecule has 282 valence electrons. The van der Waals surface area contributed by atoms with Crippen molar-refractivity contribution in [3.63, 3.8) is 0 Å². The molecule has 0 bridgehead atoms. The maximum absolute atomic E-state index is 2.41. The van der Waals surface area contributed by atoms with Gasteiger partial charge in [0.05, 0.1) is 16.7 Å². The molecule has 10 aromatic carbocycles. The van der Waals surface area contributed by atoms with Crippen LogP contribution in [-0.4, -0.2) is 4.57 Å². The summed E-state index contributed by atoms with van der Waals surface area (Å²) in [5.74, 6) is 0. The molecule has 2 heteroatoms. The van der Waals surface area contributed by atoms with Gasteiger partial charge in [-0.1, -0.05) is 182 Å². The van der Waals surface area contributed by atoms with E-state index in [0.29, 0.717) is 0 Å². The number of para-hydroxylation sites is 3. The van der Waals surface area contributed by atoms with Crippen LogP contribution in [0.25, 0.3) is 82.8 Å². The molecule has 0 aliphatic carbocycles. The number of rotatable bonds is 8. The van der Waals surface area contributed by atoms with Crippen molar-refractivity contribution < 1.29 is 0 Å². The molecule has 0 aliphatic heterocycles. The Morgan fingerprint density at radius 2 is 0.667 bits per heavy atom. The first kappa shape index (κ1) is 35.2. The Morgan fingerprint density at radius 1 is 0.267 bits per heavy atom. The van der Waals surface area contributed by atoms with Crippen LogP contribution >= 0.6 is 0 Å². The summed E-state index contributed by atoms with van der Waals surface area (Å²) in [5.41, 5.74) is 16.5. The highest BCUT2D eigenvalue weighted by atomic mass is 15.1. The fourth-order valence-electron chi connectivity index (χ4n) is 8.80. The van der Waals surface area contributed by atoms with E-state index in [4.69, 9.17) is 0 Å². The number of anilines is 3. The van der Waals surface area contributed by atoms with Crippen molar-refractivity contribution >= 4 is 49.6 Å². The van der Waals surface area contributed by atoms with Gasteiger partial charge in [0.15, 0.2) is 0 Å². The molecule has 0 amide bonds. The first-order chi connectivity index (χ1) is 29.7. The third-order valence-corrected chi connectivity index (χ3v) is 11.8. The van der Waals surface area contributed by atoms with Crippen molar-refractivity contribution in [3.05, 3.63) is 243 Å². The van der Waals surface area contributed by atoms with Crippen molar-refractivity contribution in [1.82, 2.24) is 4.57 Å². The first-order valence-electron chi connectivity index (χ1n) is 20.6. The van der Waals surface area contributed by atoms with Gasteiger partial charge in [0.2, 0.25) is 0 Å². The Morgan fingerprint density at radius 3 is 1.27 bits per heavy atom. The number of hydrogen-bond acceptors (Lipinski definition) is 1. The van der Waals surface area contributed by atoms with E-state index in [0.717, 1.165) is 17.1 Å². The Balaban J connectivity index is 0.925. The first-order valence-corrected chi connectivity index (χ1v) is 20.6. The number of hydrogen-bond donors (Lipinski definition) is 0. The molecule has 0 atom stereocenters. The lowest BCUT2D eigenvalue weighted by molar-refractivity contribution is 1.18. The monoisotopic (exact) mass is 764 g/mol. The summed E-state index contributed by atoms with van der Waals surface area (Å²) in [4.78, 5) is 2.35. The molecule has 0 spiro atoms. The summed E-state index contributed by atoms with van der Waals surface area (Å²) >= 11 is 0. The summed E-state index contributed by atoms with van der Waals surface area (Å²) in [6.45, 7) is 0. The minimum atomic E-state index is 1.11. The van der Waals surface area contributed by atoms with Gasteiger partial charge < -0.3 is 9.47 Å². The van der Waals surface area contributed by atoms with Crippen LogP contribution < -0.4 is 4.90 Å². The van der Waals surface area contributed by atoms with Crippen molar-refractivity contribution in [2.24, 2.45) is 0 Å². The lowest BCUT2D eigenvalue weighted by atomic mass is 9.97. The van der Waals surface area contributed by atoms with Crippen molar-refractivity contribution in [2.45, 2.75) is 0 Å². The smallest absolute Gasteiger partial charge is 0.0541 e. The lowest BCUT2D eigenvalue weighted by Gasteiger charge is -2.26. The number of nitrogens with zero attached hydrogens (tertiary/aromatic N) is 2. The molecule has 0 saturated heterocycles. The van der Waals surface area contributed by atoms with Crippen LogP contribution in [0.15, 0.2) is 243 Å². The summed E-state index contributed by atoms with van der Waals surface area (Å²) in [6.07, 6.45) is 0. The van der Waals surface area contributed by atoms with Gasteiger partial charge in [-0.3, -0.25) is 0 Å². The van der Waals surface area contributed by atoms with Crippen molar-refractivity contribution in [1.29, 1.82) is 0 Å². The molecule has 60 heavy (non-hydrogen) atoms. The largest absolute Gasteiger partial charge is 0.310 e. The molecule has 0 saturated carbocycles. The Labute approximate surface area is 350 Å². The second kappa shape index (κ2) is 15.1. The van der Waals surface area contributed by atoms with Gasteiger partial charge in [0.1, 0.15) is 0 Å². The molecule has 1 heterocycles. The molecule has 11 aromatic rings. The molecule has 2 nitrogen and oxygen atoms in total. The maximum Gasteiger partial charge on any atom is 0.0541 e. The van der Waals surface area contributed by atoms with Gasteiger partial charge in [-0.25, -0.2) is 0 Å². The number of benzene rings is 10. The zero-order valence-corrected chi connectivity index (χ0v) is 33.0. The predicted molar refractivity (Wildman–Crippen MR) is 255 cm³/mol. The highest BCUT2D eigenvalue weighted by molar-refractivity contribution is 6.09. The van der Waals surface area contributed by atoms with Crippen LogP contribution in [0.1, 0.15) is 0 Å². The average molecular weight is 765 g/mol. The SMILES string of the molecule is c1ccc(-c2ccc(N(c3ccc(-c4ccccc4)cc3)c3ccc4cc(-c5ccc(-c6ccccc6-n6c7ccccc7c7ccccc76)cc5)ccc4c3)cc2)cc1. The fraction of sp³-hybridized carbons (Fsp3) is 0. The Hall–Kier alpha value is -7.94. The molecule has 11 rings (SSSR count). The minimum Gasteiger partial charge on any atom is -0.310 e. The van der Waals surface area contributed by atoms with E-state index in [1.807, 2.05) is 0 Å². The summed E-state index contributed by atoms with van der Waals surface area (Å²) < 4.78 is 2.41. The van der Waals surface area contributed by atoms with E-state index in [1.165, 1.54) is 82.8 Å². The summed E-state index contributed by atoms with van der Waals surface area (Å²) in [6, 6.07) is 87.8. The van der Waals surface area contributed by atoms with Crippen LogP contribution in [-0.2, 0) is 0 Å². The van der Waals surface area contributed by atoms with Crippen LogP contribution in [0.4, 0.5) is 17.1 Å². The zero-order chi connectivity index (χ0) is 39.8. The highest BCUT2D eigenvalue weighted by Crippen LogP contribution is 2.40. The van der Waals surface area contributed by atoms with E-state index < -0.39 is 0 Å². The molecule has 0 fully saturated rings. The van der Waals surface area contributed by atoms with Gasteiger partial charge in [0, 0.05) is 33.4 Å². The maximum atomic E-state index is 2.41. The van der Waals surface area contributed by atoms with Crippen molar-refractivity contribution in [2.75, 3.05) is 4.90 Å². The van der Waals surface area contributed by atoms with Crippen LogP contribution in [0.5, 0.6) is 0 Å². The highest BCUT2D eigenvalue weighted by Gasteiger charge is 2.17. The molecule has 1 aromatic heterocycles. The zero-order valence-electron chi connectivity index (χ0n) is 33.0. The second-order valence-electron chi connectivity index (χ2n) is 15.4.